The molecular weight excluding hydrogens is 415 g/mol. The fraction of sp³-hybridized carbons (Fsp3) is 0.333. The molecule has 1 aromatic carbocycles. The first-order valence-corrected chi connectivity index (χ1v) is 7.79. The second-order valence-corrected chi connectivity index (χ2v) is 5.20. The summed E-state index contributed by atoms with van der Waals surface area (Å²) in [6.07, 6.45) is 1.75. The van der Waals surface area contributed by atoms with Crippen LogP contribution in [0.2, 0.25) is 0 Å². The van der Waals surface area contributed by atoms with Gasteiger partial charge in [0, 0.05) is 32.4 Å². The summed E-state index contributed by atoms with van der Waals surface area (Å²) in [6, 6.07) is 12.4. The number of nitrogens with zero attached hydrogens (tertiary/aromatic N) is 2. The Bertz CT molecular complexity index is 644. The second-order valence-electron chi connectivity index (χ2n) is 5.20. The molecule has 0 fully saturated rings. The average molecular weight is 440 g/mol. The Morgan fingerprint density at radius 1 is 1.08 bits per heavy atom. The molecular formula is C18H25IN4O. The maximum Gasteiger partial charge on any atom is 0.213 e. The van der Waals surface area contributed by atoms with Gasteiger partial charge in [0.15, 0.2) is 5.96 Å². The molecule has 1 heterocycles. The van der Waals surface area contributed by atoms with E-state index in [9.17, 15) is 0 Å². The first-order valence-electron chi connectivity index (χ1n) is 7.79. The quantitative estimate of drug-likeness (QED) is 0.411. The standard InChI is InChI=1S/C18H24N4O.HI/c1-4-23-17-11-16(9-10-20-17)13-22-18(19-3)21-12-15-7-5-14(2)6-8-15;/h5-11H,4,12-13H2,1-3H3,(H2,19,21,22);1H. The van der Waals surface area contributed by atoms with Crippen molar-refractivity contribution in [3.8, 4) is 5.88 Å². The third-order valence-electron chi connectivity index (χ3n) is 3.36. The lowest BCUT2D eigenvalue weighted by Gasteiger charge is -2.12. The topological polar surface area (TPSA) is 58.5 Å². The van der Waals surface area contributed by atoms with Gasteiger partial charge in [0.05, 0.1) is 6.61 Å². The van der Waals surface area contributed by atoms with Gasteiger partial charge in [-0.05, 0) is 31.0 Å². The number of aromatic nitrogens is 1. The third-order valence-corrected chi connectivity index (χ3v) is 3.36. The van der Waals surface area contributed by atoms with Crippen LogP contribution in [0, 0.1) is 6.92 Å². The number of ether oxygens (including phenoxy) is 1. The van der Waals surface area contributed by atoms with E-state index in [1.807, 2.05) is 19.1 Å². The Morgan fingerprint density at radius 2 is 1.75 bits per heavy atom. The monoisotopic (exact) mass is 440 g/mol. The number of halogens is 1. The molecule has 2 rings (SSSR count). The van der Waals surface area contributed by atoms with Crippen molar-refractivity contribution < 1.29 is 4.74 Å². The lowest BCUT2D eigenvalue weighted by Crippen LogP contribution is -2.36. The minimum atomic E-state index is 0. The smallest absolute Gasteiger partial charge is 0.213 e. The van der Waals surface area contributed by atoms with Crippen molar-refractivity contribution in [3.63, 3.8) is 0 Å². The highest BCUT2D eigenvalue weighted by Gasteiger charge is 2.01. The number of nitrogens with one attached hydrogen (secondary N) is 2. The molecule has 0 saturated heterocycles. The predicted octanol–water partition coefficient (Wildman–Crippen LogP) is 3.27. The van der Waals surface area contributed by atoms with Crippen molar-refractivity contribution in [2.45, 2.75) is 26.9 Å². The van der Waals surface area contributed by atoms with Gasteiger partial charge in [-0.25, -0.2) is 4.98 Å². The number of rotatable bonds is 6. The SMILES string of the molecule is CCOc1cc(CNC(=NC)NCc2ccc(C)cc2)ccn1.I. The number of guanidine groups is 1. The lowest BCUT2D eigenvalue weighted by atomic mass is 10.1. The Morgan fingerprint density at radius 3 is 2.38 bits per heavy atom. The van der Waals surface area contributed by atoms with E-state index in [1.165, 1.54) is 11.1 Å². The zero-order valence-corrected chi connectivity index (χ0v) is 16.7. The molecule has 1 aromatic heterocycles. The molecule has 0 bridgehead atoms. The molecule has 0 atom stereocenters. The molecule has 0 aliphatic rings. The van der Waals surface area contributed by atoms with Crippen LogP contribution >= 0.6 is 24.0 Å². The van der Waals surface area contributed by atoms with E-state index in [0.717, 1.165) is 18.1 Å². The highest BCUT2D eigenvalue weighted by molar-refractivity contribution is 14.0. The van der Waals surface area contributed by atoms with E-state index in [2.05, 4.69) is 51.8 Å². The minimum Gasteiger partial charge on any atom is -0.478 e. The summed E-state index contributed by atoms with van der Waals surface area (Å²) in [4.78, 5) is 8.41. The van der Waals surface area contributed by atoms with Gasteiger partial charge in [0.2, 0.25) is 5.88 Å². The minimum absolute atomic E-state index is 0. The molecule has 0 spiro atoms. The largest absolute Gasteiger partial charge is 0.478 e. The summed E-state index contributed by atoms with van der Waals surface area (Å²) >= 11 is 0. The molecule has 0 amide bonds. The van der Waals surface area contributed by atoms with Crippen LogP contribution in [-0.4, -0.2) is 24.6 Å². The van der Waals surface area contributed by atoms with Crippen LogP contribution < -0.4 is 15.4 Å². The molecule has 130 valence electrons. The maximum absolute atomic E-state index is 5.41. The third kappa shape index (κ3) is 6.74. The Labute approximate surface area is 161 Å². The summed E-state index contributed by atoms with van der Waals surface area (Å²) in [5.74, 6) is 1.41. The van der Waals surface area contributed by atoms with Gasteiger partial charge in [-0.15, -0.1) is 24.0 Å². The van der Waals surface area contributed by atoms with E-state index >= 15 is 0 Å². The molecule has 0 saturated carbocycles. The average Bonchev–Trinajstić information content (AvgIpc) is 2.57. The molecule has 5 nitrogen and oxygen atoms in total. The Kier molecular flexibility index (Phi) is 9.14. The van der Waals surface area contributed by atoms with Crippen LogP contribution in [0.1, 0.15) is 23.6 Å². The number of hydrogen-bond donors (Lipinski definition) is 2. The van der Waals surface area contributed by atoms with Gasteiger partial charge >= 0.3 is 0 Å². The molecule has 2 aromatic rings. The number of aryl methyl sites for hydroxylation is 1. The van der Waals surface area contributed by atoms with Crippen molar-refractivity contribution in [1.29, 1.82) is 0 Å². The van der Waals surface area contributed by atoms with E-state index in [4.69, 9.17) is 4.74 Å². The van der Waals surface area contributed by atoms with Crippen LogP contribution in [0.15, 0.2) is 47.6 Å². The van der Waals surface area contributed by atoms with E-state index < -0.39 is 0 Å². The Balaban J connectivity index is 0.00000288. The molecule has 0 aliphatic heterocycles. The normalized spacial score (nSPS) is 10.7. The van der Waals surface area contributed by atoms with Crippen LogP contribution in [0.25, 0.3) is 0 Å². The number of pyridine rings is 1. The first kappa shape index (κ1) is 20.2. The summed E-state index contributed by atoms with van der Waals surface area (Å²) in [5.41, 5.74) is 3.59. The molecule has 6 heteroatoms. The van der Waals surface area contributed by atoms with Crippen molar-refractivity contribution >= 4 is 29.9 Å². The zero-order valence-electron chi connectivity index (χ0n) is 14.4. The first-order chi connectivity index (χ1) is 11.2. The van der Waals surface area contributed by atoms with Crippen LogP contribution in [-0.2, 0) is 13.1 Å². The molecule has 24 heavy (non-hydrogen) atoms. The number of benzene rings is 1. The second kappa shape index (κ2) is 10.9. The van der Waals surface area contributed by atoms with Gasteiger partial charge in [-0.3, -0.25) is 4.99 Å². The van der Waals surface area contributed by atoms with Gasteiger partial charge in [-0.2, -0.15) is 0 Å². The van der Waals surface area contributed by atoms with Crippen molar-refractivity contribution in [3.05, 3.63) is 59.3 Å². The van der Waals surface area contributed by atoms with Crippen LogP contribution in [0.3, 0.4) is 0 Å². The summed E-state index contributed by atoms with van der Waals surface area (Å²) in [7, 11) is 1.77. The van der Waals surface area contributed by atoms with Gasteiger partial charge in [-0.1, -0.05) is 29.8 Å². The fourth-order valence-corrected chi connectivity index (χ4v) is 2.09. The van der Waals surface area contributed by atoms with E-state index in [1.54, 1.807) is 13.2 Å². The number of hydrogen-bond acceptors (Lipinski definition) is 3. The maximum atomic E-state index is 5.41. The summed E-state index contributed by atoms with van der Waals surface area (Å²) in [5, 5.41) is 6.60. The molecule has 0 unspecified atom stereocenters. The van der Waals surface area contributed by atoms with Gasteiger partial charge in [0.1, 0.15) is 0 Å². The van der Waals surface area contributed by atoms with Crippen molar-refractivity contribution in [1.82, 2.24) is 15.6 Å². The van der Waals surface area contributed by atoms with Crippen LogP contribution in [0.5, 0.6) is 5.88 Å². The van der Waals surface area contributed by atoms with Gasteiger partial charge in [0.25, 0.3) is 0 Å². The molecule has 2 N–H and O–H groups in total. The zero-order chi connectivity index (χ0) is 16.5. The van der Waals surface area contributed by atoms with E-state index in [0.29, 0.717) is 19.0 Å². The van der Waals surface area contributed by atoms with Crippen LogP contribution in [0.4, 0.5) is 0 Å². The lowest BCUT2D eigenvalue weighted by molar-refractivity contribution is 0.326. The Hall–Kier alpha value is -1.83. The van der Waals surface area contributed by atoms with E-state index in [-0.39, 0.29) is 24.0 Å². The highest BCUT2D eigenvalue weighted by atomic mass is 127. The molecule has 0 aliphatic carbocycles. The highest BCUT2D eigenvalue weighted by Crippen LogP contribution is 2.09. The molecule has 0 radical (unpaired) electrons. The predicted molar refractivity (Wildman–Crippen MR) is 109 cm³/mol. The van der Waals surface area contributed by atoms with Gasteiger partial charge < -0.3 is 15.4 Å². The summed E-state index contributed by atoms with van der Waals surface area (Å²) < 4.78 is 5.41. The number of aliphatic imine (C=N–C) groups is 1. The van der Waals surface area contributed by atoms with Crippen molar-refractivity contribution in [2.75, 3.05) is 13.7 Å². The fourth-order valence-electron chi connectivity index (χ4n) is 2.09. The summed E-state index contributed by atoms with van der Waals surface area (Å²) in [6.45, 7) is 6.05. The van der Waals surface area contributed by atoms with Crippen molar-refractivity contribution in [2.24, 2.45) is 4.99 Å².